The van der Waals surface area contributed by atoms with Crippen molar-refractivity contribution in [3.63, 3.8) is 0 Å². The average molecular weight is 363 g/mol. The number of nitrogens with zero attached hydrogens (tertiary/aromatic N) is 1. The molecule has 0 atom stereocenters. The Morgan fingerprint density at radius 1 is 0.720 bits per heavy atom. The van der Waals surface area contributed by atoms with E-state index in [1.165, 1.54) is 24.3 Å². The minimum atomic E-state index is -1.06. The Labute approximate surface area is 143 Å². The van der Waals surface area contributed by atoms with Crippen LogP contribution in [0.1, 0.15) is 20.7 Å². The second-order valence-corrected chi connectivity index (χ2v) is 4.08. The topological polar surface area (TPSA) is 166 Å². The molecular weight excluding hydrogens is 342 g/mol. The maximum atomic E-state index is 10.3. The van der Waals surface area contributed by atoms with Crippen molar-refractivity contribution in [2.45, 2.75) is 0 Å². The molecule has 0 aliphatic heterocycles. The minimum Gasteiger partial charge on any atom is -0.478 e. The Bertz CT molecular complexity index is 441. The van der Waals surface area contributed by atoms with Crippen LogP contribution in [0.2, 0.25) is 0 Å². The summed E-state index contributed by atoms with van der Waals surface area (Å²) < 4.78 is 0. The van der Waals surface area contributed by atoms with Gasteiger partial charge in [0.05, 0.1) is 56.2 Å². The van der Waals surface area contributed by atoms with Gasteiger partial charge in [0.1, 0.15) is 0 Å². The summed E-state index contributed by atoms with van der Waals surface area (Å²) >= 11 is 0. The summed E-state index contributed by atoms with van der Waals surface area (Å²) in [4.78, 5) is 34.8. The van der Waals surface area contributed by atoms with E-state index < -0.39 is 11.9 Å². The number of carboxylic acids is 2. The molecule has 25 heavy (non-hydrogen) atoms. The molecule has 0 bridgehead atoms. The molecule has 0 saturated carbocycles. The zero-order chi connectivity index (χ0) is 19.1. The smallest absolute Gasteiger partial charge is 0.335 e. The molecule has 0 radical (unpaired) electrons. The number of hydrogen-bond acceptors (Lipinski definition) is 9. The Balaban J connectivity index is 0.000000462. The predicted molar refractivity (Wildman–Crippen MR) is 81.3 cm³/mol. The maximum absolute atomic E-state index is 10.3. The van der Waals surface area contributed by atoms with Crippen molar-refractivity contribution in [1.82, 2.24) is 5.39 Å². The fraction of sp³-hybridized carbons (Fsp3) is 0.429. The molecule has 0 aliphatic rings. The molecule has 142 valence electrons. The van der Waals surface area contributed by atoms with Crippen LogP contribution >= 0.6 is 0 Å². The van der Waals surface area contributed by atoms with Crippen molar-refractivity contribution in [2.24, 2.45) is 0 Å². The van der Waals surface area contributed by atoms with Gasteiger partial charge in [-0.25, -0.2) is 24.1 Å². The van der Waals surface area contributed by atoms with Gasteiger partial charge in [0.15, 0.2) is 0 Å². The first kappa shape index (κ1) is 22.9. The van der Waals surface area contributed by atoms with E-state index in [0.29, 0.717) is 5.39 Å². The van der Waals surface area contributed by atoms with E-state index in [-0.39, 0.29) is 50.8 Å². The molecule has 11 nitrogen and oxygen atoms in total. The summed E-state index contributed by atoms with van der Waals surface area (Å²) in [6.07, 6.45) is 0. The highest BCUT2D eigenvalue weighted by molar-refractivity contribution is 5.91. The van der Waals surface area contributed by atoms with Gasteiger partial charge in [0, 0.05) is 0 Å². The van der Waals surface area contributed by atoms with Crippen molar-refractivity contribution in [3.05, 3.63) is 35.4 Å². The number of aromatic carboxylic acids is 2. The molecule has 0 aromatic heterocycles. The first-order chi connectivity index (χ1) is 12.0. The van der Waals surface area contributed by atoms with Gasteiger partial charge in [-0.2, -0.15) is 0 Å². The van der Waals surface area contributed by atoms with E-state index in [4.69, 9.17) is 40.0 Å². The van der Waals surface area contributed by atoms with Gasteiger partial charge in [0.2, 0.25) is 0 Å². The van der Waals surface area contributed by atoms with Crippen LogP contribution in [0.3, 0.4) is 0 Å². The summed E-state index contributed by atoms with van der Waals surface area (Å²) in [5, 5.41) is 42.8. The number of aliphatic hydroxyl groups excluding tert-OH is 3. The summed E-state index contributed by atoms with van der Waals surface area (Å²) in [5.41, 5.74) is 0.167. The molecule has 0 spiro atoms. The Morgan fingerprint density at radius 3 is 1.20 bits per heavy atom. The van der Waals surface area contributed by atoms with E-state index in [2.05, 4.69) is 0 Å². The molecule has 0 unspecified atom stereocenters. The first-order valence-electron chi connectivity index (χ1n) is 7.04. The third kappa shape index (κ3) is 11.1. The Kier molecular flexibility index (Phi) is 13.0. The standard InChI is InChI=1S/C8H6O4.C6H15NO6/c9-7(10)5-1-2-6(4-3-5)8(11)12;8-1-4-11-7(12-5-2-9)13-6-3-10/h1-4H,(H,9,10)(H,11,12);8-10H,1-6H2. The normalized spacial score (nSPS) is 10.2. The van der Waals surface area contributed by atoms with Crippen LogP contribution in [0.5, 0.6) is 0 Å². The molecule has 1 rings (SSSR count). The average Bonchev–Trinajstić information content (AvgIpc) is 2.61. The molecule has 0 fully saturated rings. The lowest BCUT2D eigenvalue weighted by Gasteiger charge is -2.17. The van der Waals surface area contributed by atoms with E-state index >= 15 is 0 Å². The number of benzene rings is 1. The van der Waals surface area contributed by atoms with E-state index in [1.54, 1.807) is 0 Å². The van der Waals surface area contributed by atoms with Crippen LogP contribution in [-0.2, 0) is 14.5 Å². The van der Waals surface area contributed by atoms with Gasteiger partial charge < -0.3 is 25.5 Å². The van der Waals surface area contributed by atoms with Crippen molar-refractivity contribution in [1.29, 1.82) is 0 Å². The Hall–Kier alpha value is -2.12. The van der Waals surface area contributed by atoms with E-state index in [9.17, 15) is 9.59 Å². The van der Waals surface area contributed by atoms with Gasteiger partial charge >= 0.3 is 11.9 Å². The van der Waals surface area contributed by atoms with Crippen molar-refractivity contribution in [2.75, 3.05) is 39.6 Å². The first-order valence-corrected chi connectivity index (χ1v) is 7.04. The second kappa shape index (κ2) is 14.2. The molecule has 0 amide bonds. The van der Waals surface area contributed by atoms with E-state index in [0.717, 1.165) is 0 Å². The number of rotatable bonds is 11. The largest absolute Gasteiger partial charge is 0.478 e. The quantitative estimate of drug-likeness (QED) is 0.310. The van der Waals surface area contributed by atoms with Crippen LogP contribution in [0.15, 0.2) is 24.3 Å². The van der Waals surface area contributed by atoms with Crippen LogP contribution in [-0.4, -0.2) is 82.5 Å². The summed E-state index contributed by atoms with van der Waals surface area (Å²) in [7, 11) is 0. The van der Waals surface area contributed by atoms with E-state index in [1.807, 2.05) is 0 Å². The fourth-order valence-corrected chi connectivity index (χ4v) is 1.21. The summed E-state index contributed by atoms with van der Waals surface area (Å²) in [6, 6.07) is 5.02. The van der Waals surface area contributed by atoms with Gasteiger partial charge in [0.25, 0.3) is 0 Å². The monoisotopic (exact) mass is 363 g/mol. The SMILES string of the molecule is O=C(O)c1ccc(C(=O)O)cc1.OCCON(OCCO)OCCO. The highest BCUT2D eigenvalue weighted by atomic mass is 17.2. The van der Waals surface area contributed by atoms with Crippen molar-refractivity contribution < 1.29 is 49.6 Å². The lowest BCUT2D eigenvalue weighted by atomic mass is 10.1. The van der Waals surface area contributed by atoms with Gasteiger partial charge in [-0.3, -0.25) is 0 Å². The zero-order valence-electron chi connectivity index (χ0n) is 13.3. The van der Waals surface area contributed by atoms with Crippen molar-refractivity contribution >= 4 is 11.9 Å². The third-order valence-electron chi connectivity index (χ3n) is 2.24. The summed E-state index contributed by atoms with van der Waals surface area (Å²) in [6.45, 7) is -0.505. The van der Waals surface area contributed by atoms with Crippen molar-refractivity contribution in [3.8, 4) is 0 Å². The highest BCUT2D eigenvalue weighted by Gasteiger charge is 2.06. The number of carbonyl (C=O) groups is 2. The molecule has 5 N–H and O–H groups in total. The second-order valence-electron chi connectivity index (χ2n) is 4.08. The lowest BCUT2D eigenvalue weighted by molar-refractivity contribution is -0.527. The zero-order valence-corrected chi connectivity index (χ0v) is 13.3. The Morgan fingerprint density at radius 2 is 1.00 bits per heavy atom. The number of carboxylic acid groups (broad SMARTS) is 2. The molecule has 0 heterocycles. The van der Waals surface area contributed by atoms with Crippen LogP contribution in [0.25, 0.3) is 0 Å². The number of hydrogen-bond donors (Lipinski definition) is 5. The third-order valence-corrected chi connectivity index (χ3v) is 2.24. The van der Waals surface area contributed by atoms with Crippen LogP contribution in [0, 0.1) is 0 Å². The van der Waals surface area contributed by atoms with Crippen LogP contribution < -0.4 is 0 Å². The van der Waals surface area contributed by atoms with Gasteiger partial charge in [-0.05, 0) is 24.3 Å². The minimum absolute atomic E-state index is 0.0108. The van der Waals surface area contributed by atoms with Crippen LogP contribution in [0.4, 0.5) is 0 Å². The summed E-state index contributed by atoms with van der Waals surface area (Å²) in [5.74, 6) is -2.13. The van der Waals surface area contributed by atoms with Gasteiger partial charge in [-0.1, -0.05) is 0 Å². The maximum Gasteiger partial charge on any atom is 0.335 e. The lowest BCUT2D eigenvalue weighted by Crippen LogP contribution is -2.28. The highest BCUT2D eigenvalue weighted by Crippen LogP contribution is 2.03. The molecule has 11 heteroatoms. The molecule has 0 aliphatic carbocycles. The molecule has 1 aromatic rings. The number of aliphatic hydroxyl groups is 3. The fourth-order valence-electron chi connectivity index (χ4n) is 1.21. The molecule has 0 saturated heterocycles. The molecular formula is C14H21NO10. The van der Waals surface area contributed by atoms with Gasteiger partial charge in [-0.15, -0.1) is 0 Å². The molecule has 1 aromatic carbocycles. The predicted octanol–water partition coefficient (Wildman–Crippen LogP) is -0.857.